The number of nitro benzene ring substituents is 1. The van der Waals surface area contributed by atoms with Crippen LogP contribution in [0, 0.1) is 10.1 Å². The average Bonchev–Trinajstić information content (AvgIpc) is 2.46. The Morgan fingerprint density at radius 2 is 2.14 bits per heavy atom. The number of hydrogen-bond donors (Lipinski definition) is 1. The summed E-state index contributed by atoms with van der Waals surface area (Å²) in [5.74, 6) is -1.57. The van der Waals surface area contributed by atoms with E-state index in [1.807, 2.05) is 0 Å². The number of nitro groups is 1. The third kappa shape index (κ3) is 3.54. The van der Waals surface area contributed by atoms with Crippen LogP contribution in [0.1, 0.15) is 16.1 Å². The second kappa shape index (κ2) is 6.31. The Morgan fingerprint density at radius 3 is 2.71 bits per heavy atom. The molecule has 2 aromatic rings. The van der Waals surface area contributed by atoms with Crippen LogP contribution in [-0.2, 0) is 6.61 Å². The van der Waals surface area contributed by atoms with Gasteiger partial charge in [0.25, 0.3) is 0 Å². The van der Waals surface area contributed by atoms with Crippen molar-refractivity contribution in [2.45, 2.75) is 6.61 Å². The SMILES string of the molecule is O=C(O)c1cccc([N+](=O)[O-])c1OCc1ccc(Br)cn1. The number of rotatable bonds is 5. The van der Waals surface area contributed by atoms with E-state index < -0.39 is 16.6 Å². The van der Waals surface area contributed by atoms with Gasteiger partial charge in [0, 0.05) is 16.7 Å². The number of pyridine rings is 1. The van der Waals surface area contributed by atoms with E-state index in [0.29, 0.717) is 5.69 Å². The van der Waals surface area contributed by atoms with Crippen molar-refractivity contribution in [2.75, 3.05) is 0 Å². The van der Waals surface area contributed by atoms with Crippen molar-refractivity contribution in [1.29, 1.82) is 0 Å². The molecule has 0 unspecified atom stereocenters. The molecule has 1 aromatic heterocycles. The molecule has 8 heteroatoms. The molecule has 7 nitrogen and oxygen atoms in total. The fraction of sp³-hybridized carbons (Fsp3) is 0.0769. The molecular formula is C13H9BrN2O5. The monoisotopic (exact) mass is 352 g/mol. The van der Waals surface area contributed by atoms with E-state index in [2.05, 4.69) is 20.9 Å². The number of aromatic nitrogens is 1. The van der Waals surface area contributed by atoms with Crippen molar-refractivity contribution >= 4 is 27.6 Å². The number of ether oxygens (including phenoxy) is 1. The molecule has 0 saturated heterocycles. The molecule has 0 aliphatic carbocycles. The summed E-state index contributed by atoms with van der Waals surface area (Å²) in [6.07, 6.45) is 1.55. The molecule has 1 aromatic carbocycles. The zero-order valence-corrected chi connectivity index (χ0v) is 12.1. The first-order chi connectivity index (χ1) is 9.99. The zero-order valence-electron chi connectivity index (χ0n) is 10.5. The van der Waals surface area contributed by atoms with Gasteiger partial charge in [-0.1, -0.05) is 6.07 Å². The smallest absolute Gasteiger partial charge is 0.339 e. The average molecular weight is 353 g/mol. The Balaban J connectivity index is 2.31. The van der Waals surface area contributed by atoms with Crippen molar-refractivity contribution in [3.05, 3.63) is 62.4 Å². The van der Waals surface area contributed by atoms with Crippen LogP contribution in [0.25, 0.3) is 0 Å². The molecule has 0 aliphatic rings. The first-order valence-corrected chi connectivity index (χ1v) is 6.52. The Labute approximate surface area is 127 Å². The fourth-order valence-corrected chi connectivity index (χ4v) is 1.86. The highest BCUT2D eigenvalue weighted by molar-refractivity contribution is 9.10. The highest BCUT2D eigenvalue weighted by atomic mass is 79.9. The predicted molar refractivity (Wildman–Crippen MR) is 76.3 cm³/mol. The third-order valence-electron chi connectivity index (χ3n) is 2.57. The van der Waals surface area contributed by atoms with Gasteiger partial charge in [0.1, 0.15) is 12.2 Å². The molecular weight excluding hydrogens is 344 g/mol. The molecule has 1 N–H and O–H groups in total. The van der Waals surface area contributed by atoms with E-state index in [4.69, 9.17) is 9.84 Å². The summed E-state index contributed by atoms with van der Waals surface area (Å²) in [4.78, 5) is 25.5. The minimum absolute atomic E-state index is 0.0710. The fourth-order valence-electron chi connectivity index (χ4n) is 1.63. The number of hydrogen-bond acceptors (Lipinski definition) is 5. The zero-order chi connectivity index (χ0) is 15.4. The van der Waals surface area contributed by atoms with Gasteiger partial charge in [0.2, 0.25) is 5.75 Å². The van der Waals surface area contributed by atoms with E-state index in [-0.39, 0.29) is 17.9 Å². The molecule has 108 valence electrons. The van der Waals surface area contributed by atoms with Crippen LogP contribution in [0.4, 0.5) is 5.69 Å². The van der Waals surface area contributed by atoms with E-state index in [0.717, 1.165) is 4.47 Å². The van der Waals surface area contributed by atoms with Crippen LogP contribution < -0.4 is 4.74 Å². The molecule has 0 saturated carbocycles. The number of benzene rings is 1. The first kappa shape index (κ1) is 14.9. The van der Waals surface area contributed by atoms with Crippen LogP contribution in [0.15, 0.2) is 41.0 Å². The lowest BCUT2D eigenvalue weighted by Crippen LogP contribution is -2.06. The quantitative estimate of drug-likeness (QED) is 0.655. The molecule has 1 heterocycles. The number of carboxylic acid groups (broad SMARTS) is 1. The van der Waals surface area contributed by atoms with Gasteiger partial charge in [-0.3, -0.25) is 15.1 Å². The van der Waals surface area contributed by atoms with Crippen LogP contribution in [0.3, 0.4) is 0 Å². The topological polar surface area (TPSA) is 103 Å². The Kier molecular flexibility index (Phi) is 4.49. The minimum atomic E-state index is -1.29. The van der Waals surface area contributed by atoms with E-state index in [9.17, 15) is 14.9 Å². The molecule has 0 atom stereocenters. The van der Waals surface area contributed by atoms with Crippen LogP contribution in [0.5, 0.6) is 5.75 Å². The van der Waals surface area contributed by atoms with Gasteiger partial charge in [-0.2, -0.15) is 0 Å². The Morgan fingerprint density at radius 1 is 1.38 bits per heavy atom. The lowest BCUT2D eigenvalue weighted by Gasteiger charge is -2.09. The molecule has 0 spiro atoms. The van der Waals surface area contributed by atoms with Crippen LogP contribution in [-0.4, -0.2) is 21.0 Å². The predicted octanol–water partition coefficient (Wildman–Crippen LogP) is 3.03. The summed E-state index contributed by atoms with van der Waals surface area (Å²) in [5, 5.41) is 20.0. The summed E-state index contributed by atoms with van der Waals surface area (Å²) in [5.41, 5.74) is -0.138. The van der Waals surface area contributed by atoms with Crippen molar-refractivity contribution in [2.24, 2.45) is 0 Å². The van der Waals surface area contributed by atoms with Gasteiger partial charge >= 0.3 is 11.7 Å². The minimum Gasteiger partial charge on any atom is -0.480 e. The molecule has 21 heavy (non-hydrogen) atoms. The lowest BCUT2D eigenvalue weighted by molar-refractivity contribution is -0.386. The van der Waals surface area contributed by atoms with Crippen molar-refractivity contribution in [1.82, 2.24) is 4.98 Å². The summed E-state index contributed by atoms with van der Waals surface area (Å²) in [7, 11) is 0. The number of carboxylic acids is 1. The summed E-state index contributed by atoms with van der Waals surface area (Å²) >= 11 is 3.23. The molecule has 2 rings (SSSR count). The first-order valence-electron chi connectivity index (χ1n) is 5.73. The molecule has 0 aliphatic heterocycles. The summed E-state index contributed by atoms with van der Waals surface area (Å²) in [6, 6.07) is 7.14. The third-order valence-corrected chi connectivity index (χ3v) is 3.04. The number of aromatic carboxylic acids is 1. The summed E-state index contributed by atoms with van der Waals surface area (Å²) in [6.45, 7) is -0.0710. The highest BCUT2D eigenvalue weighted by Gasteiger charge is 2.23. The van der Waals surface area contributed by atoms with E-state index in [1.54, 1.807) is 18.3 Å². The maximum Gasteiger partial charge on any atom is 0.339 e. The van der Waals surface area contributed by atoms with Gasteiger partial charge in [-0.15, -0.1) is 0 Å². The van der Waals surface area contributed by atoms with E-state index in [1.165, 1.54) is 18.2 Å². The van der Waals surface area contributed by atoms with Crippen molar-refractivity contribution in [3.63, 3.8) is 0 Å². The molecule has 0 amide bonds. The number of para-hydroxylation sites is 1. The standard InChI is InChI=1S/C13H9BrN2O5/c14-8-4-5-9(15-6-8)7-21-12-10(13(17)18)2-1-3-11(12)16(19)20/h1-6H,7H2,(H,17,18). The molecule has 0 fully saturated rings. The normalized spacial score (nSPS) is 10.1. The maximum atomic E-state index is 11.1. The van der Waals surface area contributed by atoms with Gasteiger partial charge in [-0.25, -0.2) is 4.79 Å². The van der Waals surface area contributed by atoms with Crippen LogP contribution in [0.2, 0.25) is 0 Å². The highest BCUT2D eigenvalue weighted by Crippen LogP contribution is 2.31. The van der Waals surface area contributed by atoms with Gasteiger partial charge in [0.05, 0.1) is 10.6 Å². The van der Waals surface area contributed by atoms with Gasteiger partial charge in [-0.05, 0) is 34.1 Å². The number of carbonyl (C=O) groups is 1. The summed E-state index contributed by atoms with van der Waals surface area (Å²) < 4.78 is 6.10. The Hall–Kier alpha value is -2.48. The van der Waals surface area contributed by atoms with Gasteiger partial charge in [0.15, 0.2) is 0 Å². The van der Waals surface area contributed by atoms with Crippen molar-refractivity contribution in [3.8, 4) is 5.75 Å². The maximum absolute atomic E-state index is 11.1. The van der Waals surface area contributed by atoms with Crippen molar-refractivity contribution < 1.29 is 19.6 Å². The molecule has 0 bridgehead atoms. The largest absolute Gasteiger partial charge is 0.480 e. The van der Waals surface area contributed by atoms with Crippen LogP contribution >= 0.6 is 15.9 Å². The lowest BCUT2D eigenvalue weighted by atomic mass is 10.1. The second-order valence-electron chi connectivity index (χ2n) is 3.97. The number of nitrogens with zero attached hydrogens (tertiary/aromatic N) is 2. The molecule has 0 radical (unpaired) electrons. The second-order valence-corrected chi connectivity index (χ2v) is 4.89. The van der Waals surface area contributed by atoms with E-state index >= 15 is 0 Å². The Bertz CT molecular complexity index is 655. The number of halogens is 1. The van der Waals surface area contributed by atoms with Gasteiger partial charge < -0.3 is 9.84 Å².